The molecule has 4 nitrogen and oxygen atoms in total. The zero-order valence-electron chi connectivity index (χ0n) is 27.8. The zero-order chi connectivity index (χ0) is 30.1. The van der Waals surface area contributed by atoms with Crippen LogP contribution in [0.15, 0.2) is 12.2 Å². The van der Waals surface area contributed by atoms with Gasteiger partial charge < -0.3 is 15.5 Å². The molecule has 41 heavy (non-hydrogen) atoms. The van der Waals surface area contributed by atoms with Crippen LogP contribution in [0.1, 0.15) is 200 Å². The Bertz CT molecular complexity index is 550. The molecule has 0 rings (SSSR count). The molecule has 0 heterocycles. The average Bonchev–Trinajstić information content (AvgIpc) is 2.98. The largest absolute Gasteiger partial charge is 0.394 e. The Morgan fingerprint density at radius 2 is 0.927 bits per heavy atom. The molecule has 0 fully saturated rings. The standard InChI is InChI=1S/C37H73NO3/c1-3-5-7-9-10-11-12-13-14-15-16-17-18-19-20-21-22-23-24-25-26-27-28-29-31-33-37(41)38-35(34-39)36(40)32-30-8-6-4-2/h15-16,35-36,39-40H,3-14,17-34H2,1-2H3,(H,38,41)/b16-15-. The van der Waals surface area contributed by atoms with E-state index in [0.717, 1.165) is 32.1 Å². The van der Waals surface area contributed by atoms with E-state index in [1.165, 1.54) is 141 Å². The Morgan fingerprint density at radius 1 is 0.561 bits per heavy atom. The van der Waals surface area contributed by atoms with Gasteiger partial charge in [-0.2, -0.15) is 0 Å². The first kappa shape index (κ1) is 40.1. The van der Waals surface area contributed by atoms with Gasteiger partial charge in [-0.05, 0) is 38.5 Å². The third-order valence-corrected chi connectivity index (χ3v) is 8.53. The highest BCUT2D eigenvalue weighted by Gasteiger charge is 2.19. The van der Waals surface area contributed by atoms with E-state index < -0.39 is 12.1 Å². The molecule has 0 aromatic heterocycles. The SMILES string of the molecule is CCCCCCCCCC/C=C\CCCCCCCCCCCCCCCC(=O)NC(CO)C(O)CCCCCC. The monoisotopic (exact) mass is 580 g/mol. The van der Waals surface area contributed by atoms with Gasteiger partial charge in [0.15, 0.2) is 0 Å². The van der Waals surface area contributed by atoms with E-state index in [2.05, 4.69) is 31.3 Å². The van der Waals surface area contributed by atoms with Gasteiger partial charge in [0.1, 0.15) is 0 Å². The molecule has 244 valence electrons. The Balaban J connectivity index is 3.36. The predicted octanol–water partition coefficient (Wildman–Crippen LogP) is 10.7. The highest BCUT2D eigenvalue weighted by Crippen LogP contribution is 2.15. The molecule has 0 aromatic carbocycles. The Hall–Kier alpha value is -0.870. The Kier molecular flexibility index (Phi) is 32.9. The molecular formula is C37H73NO3. The minimum Gasteiger partial charge on any atom is -0.394 e. The lowest BCUT2D eigenvalue weighted by Gasteiger charge is -2.22. The maximum absolute atomic E-state index is 12.2. The van der Waals surface area contributed by atoms with Crippen molar-refractivity contribution in [1.82, 2.24) is 5.32 Å². The number of aliphatic hydroxyl groups is 2. The van der Waals surface area contributed by atoms with E-state index in [9.17, 15) is 15.0 Å². The van der Waals surface area contributed by atoms with E-state index in [1.807, 2.05) is 0 Å². The fourth-order valence-corrected chi connectivity index (χ4v) is 5.65. The maximum atomic E-state index is 12.2. The second-order valence-corrected chi connectivity index (χ2v) is 12.6. The van der Waals surface area contributed by atoms with Crippen LogP contribution in [0.3, 0.4) is 0 Å². The molecule has 0 saturated carbocycles. The van der Waals surface area contributed by atoms with Crippen LogP contribution < -0.4 is 5.32 Å². The molecule has 0 aliphatic heterocycles. The average molecular weight is 580 g/mol. The van der Waals surface area contributed by atoms with E-state index in [4.69, 9.17) is 0 Å². The molecule has 4 heteroatoms. The number of hydrogen-bond donors (Lipinski definition) is 3. The van der Waals surface area contributed by atoms with Crippen molar-refractivity contribution in [3.05, 3.63) is 12.2 Å². The number of hydrogen-bond acceptors (Lipinski definition) is 3. The molecule has 0 saturated heterocycles. The van der Waals surface area contributed by atoms with Crippen molar-refractivity contribution in [3.8, 4) is 0 Å². The lowest BCUT2D eigenvalue weighted by Crippen LogP contribution is -2.45. The summed E-state index contributed by atoms with van der Waals surface area (Å²) in [6, 6.07) is -0.527. The van der Waals surface area contributed by atoms with Crippen LogP contribution in [0, 0.1) is 0 Å². The number of carbonyl (C=O) groups is 1. The molecule has 0 radical (unpaired) electrons. The first-order valence-electron chi connectivity index (χ1n) is 18.4. The number of carbonyl (C=O) groups excluding carboxylic acids is 1. The van der Waals surface area contributed by atoms with Crippen LogP contribution >= 0.6 is 0 Å². The first-order chi connectivity index (χ1) is 20.2. The molecular weight excluding hydrogens is 506 g/mol. The van der Waals surface area contributed by atoms with Crippen LogP contribution in [0.25, 0.3) is 0 Å². The quantitative estimate of drug-likeness (QED) is 0.0535. The molecule has 0 spiro atoms. The summed E-state index contributed by atoms with van der Waals surface area (Å²) >= 11 is 0. The van der Waals surface area contributed by atoms with Crippen LogP contribution in [-0.2, 0) is 4.79 Å². The number of rotatable bonds is 33. The smallest absolute Gasteiger partial charge is 0.220 e. The lowest BCUT2D eigenvalue weighted by molar-refractivity contribution is -0.123. The van der Waals surface area contributed by atoms with Crippen molar-refractivity contribution >= 4 is 5.91 Å². The van der Waals surface area contributed by atoms with Crippen molar-refractivity contribution in [2.24, 2.45) is 0 Å². The van der Waals surface area contributed by atoms with E-state index >= 15 is 0 Å². The highest BCUT2D eigenvalue weighted by atomic mass is 16.3. The van der Waals surface area contributed by atoms with Crippen LogP contribution in [0.4, 0.5) is 0 Å². The van der Waals surface area contributed by atoms with Crippen molar-refractivity contribution in [2.45, 2.75) is 212 Å². The summed E-state index contributed by atoms with van der Waals surface area (Å²) in [5, 5.41) is 22.6. The van der Waals surface area contributed by atoms with Crippen LogP contribution in [0.2, 0.25) is 0 Å². The number of aliphatic hydroxyl groups excluding tert-OH is 2. The fraction of sp³-hybridized carbons (Fsp3) is 0.919. The van der Waals surface area contributed by atoms with Gasteiger partial charge in [0.25, 0.3) is 0 Å². The predicted molar refractivity (Wildman–Crippen MR) is 179 cm³/mol. The normalized spacial score (nSPS) is 13.2. The van der Waals surface area contributed by atoms with Gasteiger partial charge in [-0.3, -0.25) is 4.79 Å². The summed E-state index contributed by atoms with van der Waals surface area (Å²) in [5.74, 6) is -0.0396. The van der Waals surface area contributed by atoms with Gasteiger partial charge in [-0.15, -0.1) is 0 Å². The van der Waals surface area contributed by atoms with Crippen LogP contribution in [0.5, 0.6) is 0 Å². The van der Waals surface area contributed by atoms with E-state index in [-0.39, 0.29) is 12.5 Å². The summed E-state index contributed by atoms with van der Waals surface area (Å²) in [4.78, 5) is 12.2. The summed E-state index contributed by atoms with van der Waals surface area (Å²) < 4.78 is 0. The molecule has 3 N–H and O–H groups in total. The minimum absolute atomic E-state index is 0.0396. The molecule has 0 aromatic rings. The highest BCUT2D eigenvalue weighted by molar-refractivity contribution is 5.76. The van der Waals surface area contributed by atoms with Crippen molar-refractivity contribution in [1.29, 1.82) is 0 Å². The number of unbranched alkanes of at least 4 members (excludes halogenated alkanes) is 24. The molecule has 0 aliphatic rings. The third kappa shape index (κ3) is 30.4. The lowest BCUT2D eigenvalue weighted by atomic mass is 10.0. The first-order valence-corrected chi connectivity index (χ1v) is 18.4. The number of allylic oxidation sites excluding steroid dienone is 2. The summed E-state index contributed by atoms with van der Waals surface area (Å²) in [6.45, 7) is 4.25. The van der Waals surface area contributed by atoms with Gasteiger partial charge in [0.2, 0.25) is 5.91 Å². The summed E-state index contributed by atoms with van der Waals surface area (Å²) in [5.41, 5.74) is 0. The second kappa shape index (κ2) is 33.6. The summed E-state index contributed by atoms with van der Waals surface area (Å²) in [7, 11) is 0. The topological polar surface area (TPSA) is 69.6 Å². The summed E-state index contributed by atoms with van der Waals surface area (Å²) in [6.07, 6.45) is 40.3. The Labute approximate surface area is 256 Å². The molecule has 2 atom stereocenters. The Morgan fingerprint density at radius 3 is 1.34 bits per heavy atom. The molecule has 0 aliphatic carbocycles. The number of amides is 1. The minimum atomic E-state index is -0.651. The van der Waals surface area contributed by atoms with Gasteiger partial charge >= 0.3 is 0 Å². The molecule has 1 amide bonds. The third-order valence-electron chi connectivity index (χ3n) is 8.53. The molecule has 2 unspecified atom stereocenters. The number of nitrogens with one attached hydrogen (secondary N) is 1. The van der Waals surface area contributed by atoms with Gasteiger partial charge in [0.05, 0.1) is 18.8 Å². The fourth-order valence-electron chi connectivity index (χ4n) is 5.65. The van der Waals surface area contributed by atoms with Gasteiger partial charge in [-0.1, -0.05) is 167 Å². The van der Waals surface area contributed by atoms with Crippen molar-refractivity contribution < 1.29 is 15.0 Å². The molecule has 0 bridgehead atoms. The van der Waals surface area contributed by atoms with Gasteiger partial charge in [0, 0.05) is 6.42 Å². The zero-order valence-corrected chi connectivity index (χ0v) is 27.8. The van der Waals surface area contributed by atoms with Gasteiger partial charge in [-0.25, -0.2) is 0 Å². The van der Waals surface area contributed by atoms with Crippen molar-refractivity contribution in [3.63, 3.8) is 0 Å². The maximum Gasteiger partial charge on any atom is 0.220 e. The second-order valence-electron chi connectivity index (χ2n) is 12.6. The van der Waals surface area contributed by atoms with Crippen molar-refractivity contribution in [2.75, 3.05) is 6.61 Å². The van der Waals surface area contributed by atoms with E-state index in [0.29, 0.717) is 12.8 Å². The van der Waals surface area contributed by atoms with Crippen LogP contribution in [-0.4, -0.2) is 34.9 Å². The van der Waals surface area contributed by atoms with E-state index in [1.54, 1.807) is 0 Å².